The second-order valence-electron chi connectivity index (χ2n) is 7.62. The average molecular weight is 417 g/mol. The zero-order valence-electron chi connectivity index (χ0n) is 17.4. The molecule has 1 aliphatic carbocycles. The number of benzene rings is 2. The number of hydrogen-bond acceptors (Lipinski definition) is 4. The number of anilines is 1. The van der Waals surface area contributed by atoms with Gasteiger partial charge in [0.1, 0.15) is 12.3 Å². The van der Waals surface area contributed by atoms with E-state index >= 15 is 0 Å². The molecule has 1 atom stereocenters. The van der Waals surface area contributed by atoms with Gasteiger partial charge in [-0.3, -0.25) is 9.10 Å². The summed E-state index contributed by atoms with van der Waals surface area (Å²) in [6, 6.07) is 11.3. The van der Waals surface area contributed by atoms with E-state index in [1.54, 1.807) is 12.1 Å². The number of nitrogens with zero attached hydrogens (tertiary/aromatic N) is 1. The van der Waals surface area contributed by atoms with Gasteiger partial charge < -0.3 is 10.1 Å². The van der Waals surface area contributed by atoms with Crippen LogP contribution in [-0.4, -0.2) is 34.2 Å². The van der Waals surface area contributed by atoms with Crippen LogP contribution in [0.4, 0.5) is 5.69 Å². The van der Waals surface area contributed by atoms with Crippen molar-refractivity contribution in [2.24, 2.45) is 0 Å². The summed E-state index contributed by atoms with van der Waals surface area (Å²) in [6.45, 7) is 3.46. The first-order chi connectivity index (χ1) is 13.7. The zero-order chi connectivity index (χ0) is 21.2. The minimum Gasteiger partial charge on any atom is -0.495 e. The van der Waals surface area contributed by atoms with Crippen molar-refractivity contribution in [1.82, 2.24) is 5.32 Å². The van der Waals surface area contributed by atoms with Gasteiger partial charge in [-0.2, -0.15) is 0 Å². The molecule has 156 valence electrons. The molecule has 0 heterocycles. The quantitative estimate of drug-likeness (QED) is 0.752. The van der Waals surface area contributed by atoms with Crippen molar-refractivity contribution in [1.29, 1.82) is 0 Å². The van der Waals surface area contributed by atoms with Gasteiger partial charge >= 0.3 is 0 Å². The Balaban J connectivity index is 1.78. The molecule has 0 fully saturated rings. The lowest BCUT2D eigenvalue weighted by atomic mass is 10.0. The normalized spacial score (nSPS) is 14.2. The fourth-order valence-electron chi connectivity index (χ4n) is 3.74. The largest absolute Gasteiger partial charge is 0.495 e. The highest BCUT2D eigenvalue weighted by Crippen LogP contribution is 2.31. The number of carbonyl (C=O) groups excluding carboxylic acids is 1. The summed E-state index contributed by atoms with van der Waals surface area (Å²) in [6.07, 6.45) is 4.43. The van der Waals surface area contributed by atoms with E-state index in [0.29, 0.717) is 11.4 Å². The number of fused-ring (bicyclic) bond motifs is 1. The number of methoxy groups -OCH3 is 1. The molecule has 0 unspecified atom stereocenters. The van der Waals surface area contributed by atoms with E-state index in [0.717, 1.165) is 34.5 Å². The summed E-state index contributed by atoms with van der Waals surface area (Å²) in [7, 11) is -2.20. The molecular formula is C22H28N2O4S. The maximum Gasteiger partial charge on any atom is 0.241 e. The smallest absolute Gasteiger partial charge is 0.241 e. The van der Waals surface area contributed by atoms with Crippen LogP contribution in [0.5, 0.6) is 5.75 Å². The third-order valence-electron chi connectivity index (χ3n) is 5.29. The lowest BCUT2D eigenvalue weighted by Crippen LogP contribution is -2.41. The van der Waals surface area contributed by atoms with Gasteiger partial charge in [0, 0.05) is 0 Å². The summed E-state index contributed by atoms with van der Waals surface area (Å²) in [5, 5.41) is 2.93. The van der Waals surface area contributed by atoms with Crippen molar-refractivity contribution in [3.8, 4) is 5.75 Å². The molecular weight excluding hydrogens is 388 g/mol. The molecule has 1 aliphatic rings. The molecule has 0 aliphatic heterocycles. The van der Waals surface area contributed by atoms with Crippen molar-refractivity contribution >= 4 is 21.6 Å². The number of rotatable bonds is 7. The van der Waals surface area contributed by atoms with Crippen molar-refractivity contribution in [2.45, 2.75) is 39.2 Å². The molecule has 3 rings (SSSR count). The Morgan fingerprint density at radius 1 is 1.17 bits per heavy atom. The number of carbonyl (C=O) groups is 1. The van der Waals surface area contributed by atoms with E-state index in [4.69, 9.17) is 4.74 Å². The first-order valence-electron chi connectivity index (χ1n) is 9.72. The van der Waals surface area contributed by atoms with Crippen LogP contribution in [0.2, 0.25) is 0 Å². The molecule has 6 nitrogen and oxygen atoms in total. The van der Waals surface area contributed by atoms with Crippen LogP contribution >= 0.6 is 0 Å². The Kier molecular flexibility index (Phi) is 6.17. The monoisotopic (exact) mass is 416 g/mol. The number of nitrogens with one attached hydrogen (secondary N) is 1. The highest BCUT2D eigenvalue weighted by molar-refractivity contribution is 7.92. The molecule has 1 amide bonds. The minimum absolute atomic E-state index is 0.214. The molecule has 0 spiro atoms. The molecule has 0 radical (unpaired) electrons. The van der Waals surface area contributed by atoms with E-state index in [9.17, 15) is 13.2 Å². The van der Waals surface area contributed by atoms with Crippen LogP contribution in [0.1, 0.15) is 41.6 Å². The van der Waals surface area contributed by atoms with Gasteiger partial charge in [-0.15, -0.1) is 0 Å². The van der Waals surface area contributed by atoms with Crippen LogP contribution in [0.3, 0.4) is 0 Å². The Labute approximate surface area is 172 Å². The maximum absolute atomic E-state index is 12.7. The summed E-state index contributed by atoms with van der Waals surface area (Å²) in [5.41, 5.74) is 4.97. The van der Waals surface area contributed by atoms with Crippen LogP contribution in [0.25, 0.3) is 0 Å². The fraction of sp³-hybridized carbons (Fsp3) is 0.409. The number of ether oxygens (including phenoxy) is 1. The Morgan fingerprint density at radius 2 is 1.90 bits per heavy atom. The number of sulfonamides is 1. The van der Waals surface area contributed by atoms with Gasteiger partial charge in [-0.25, -0.2) is 8.42 Å². The second-order valence-corrected chi connectivity index (χ2v) is 9.52. The Hall–Kier alpha value is -2.54. The van der Waals surface area contributed by atoms with E-state index < -0.39 is 10.0 Å². The van der Waals surface area contributed by atoms with Gasteiger partial charge in [-0.1, -0.05) is 24.3 Å². The molecule has 2 aromatic carbocycles. The van der Waals surface area contributed by atoms with Crippen LogP contribution in [0.15, 0.2) is 36.4 Å². The number of hydrogen-bond donors (Lipinski definition) is 1. The topological polar surface area (TPSA) is 75.7 Å². The van der Waals surface area contributed by atoms with E-state index in [2.05, 4.69) is 17.4 Å². The van der Waals surface area contributed by atoms with Gasteiger partial charge in [0.25, 0.3) is 0 Å². The van der Waals surface area contributed by atoms with Crippen molar-refractivity contribution in [3.05, 3.63) is 58.7 Å². The molecule has 7 heteroatoms. The fourth-order valence-corrected chi connectivity index (χ4v) is 4.59. The minimum atomic E-state index is -3.68. The number of amides is 1. The predicted molar refractivity (Wildman–Crippen MR) is 115 cm³/mol. The van der Waals surface area contributed by atoms with Gasteiger partial charge in [-0.05, 0) is 67.5 Å². The number of aryl methyl sites for hydroxylation is 3. The van der Waals surface area contributed by atoms with Crippen molar-refractivity contribution in [2.75, 3.05) is 24.2 Å². The van der Waals surface area contributed by atoms with Crippen molar-refractivity contribution < 1.29 is 17.9 Å². The SMILES string of the molecule is COc1ccc(C)cc1N(CC(=O)N[C@@H](C)c1ccc2c(c1)CCC2)S(C)(=O)=O. The summed E-state index contributed by atoms with van der Waals surface area (Å²) in [4.78, 5) is 12.7. The van der Waals surface area contributed by atoms with E-state index in [-0.39, 0.29) is 18.5 Å². The zero-order valence-corrected chi connectivity index (χ0v) is 18.2. The molecule has 0 aromatic heterocycles. The Bertz CT molecular complexity index is 1020. The highest BCUT2D eigenvalue weighted by Gasteiger charge is 2.25. The third kappa shape index (κ3) is 4.90. The summed E-state index contributed by atoms with van der Waals surface area (Å²) < 4.78 is 31.2. The lowest BCUT2D eigenvalue weighted by molar-refractivity contribution is -0.120. The predicted octanol–water partition coefficient (Wildman–Crippen LogP) is 3.14. The van der Waals surface area contributed by atoms with E-state index in [1.165, 1.54) is 24.7 Å². The summed E-state index contributed by atoms with van der Waals surface area (Å²) >= 11 is 0. The lowest BCUT2D eigenvalue weighted by Gasteiger charge is -2.25. The molecule has 0 saturated carbocycles. The van der Waals surface area contributed by atoms with Crippen molar-refractivity contribution in [3.63, 3.8) is 0 Å². The maximum atomic E-state index is 12.7. The second kappa shape index (κ2) is 8.45. The molecule has 0 saturated heterocycles. The van der Waals surface area contributed by atoms with Gasteiger partial charge in [0.2, 0.25) is 15.9 Å². The standard InChI is InChI=1S/C22H28N2O4S/c1-15-8-11-21(28-3)20(12-15)24(29(4,26)27)14-22(25)23-16(2)18-10-9-17-6-5-7-19(17)13-18/h8-13,16H,5-7,14H2,1-4H3,(H,23,25)/t16-/m0/s1. The molecule has 1 N–H and O–H groups in total. The summed E-state index contributed by atoms with van der Waals surface area (Å²) in [5.74, 6) is 0.0347. The Morgan fingerprint density at radius 3 is 2.59 bits per heavy atom. The van der Waals surface area contributed by atoms with Crippen LogP contribution in [0, 0.1) is 6.92 Å². The third-order valence-corrected chi connectivity index (χ3v) is 6.42. The molecule has 0 bridgehead atoms. The highest BCUT2D eigenvalue weighted by atomic mass is 32.2. The van der Waals surface area contributed by atoms with Gasteiger partial charge in [0.15, 0.2) is 0 Å². The van der Waals surface area contributed by atoms with Crippen LogP contribution in [-0.2, 0) is 27.7 Å². The van der Waals surface area contributed by atoms with E-state index in [1.807, 2.05) is 26.0 Å². The average Bonchev–Trinajstić information content (AvgIpc) is 3.13. The first-order valence-corrected chi connectivity index (χ1v) is 11.6. The molecule has 2 aromatic rings. The molecule has 29 heavy (non-hydrogen) atoms. The first kappa shape index (κ1) is 21.2. The van der Waals surface area contributed by atoms with Gasteiger partial charge in [0.05, 0.1) is 25.1 Å². The van der Waals surface area contributed by atoms with Crippen LogP contribution < -0.4 is 14.4 Å².